The number of hydrogen-bond donors (Lipinski definition) is 2. The molecular weight excluding hydrogens is 286 g/mol. The third-order valence-corrected chi connectivity index (χ3v) is 4.18. The van der Waals surface area contributed by atoms with Gasteiger partial charge in [-0.2, -0.15) is 5.10 Å². The van der Waals surface area contributed by atoms with Gasteiger partial charge in [0.15, 0.2) is 0 Å². The number of aromatic nitrogens is 3. The van der Waals surface area contributed by atoms with E-state index in [0.29, 0.717) is 21.9 Å². The summed E-state index contributed by atoms with van der Waals surface area (Å²) in [5.74, 6) is -0.176. The molecule has 3 rings (SSSR count). The second-order valence-electron chi connectivity index (χ2n) is 4.46. The molecule has 1 amide bonds. The molecule has 0 spiro atoms. The SMILES string of the molecule is Nc1c(C(=O)NCCc2ccncc2)sc2nnccc12. The summed E-state index contributed by atoms with van der Waals surface area (Å²) in [5, 5.41) is 11.4. The van der Waals surface area contributed by atoms with Crippen molar-refractivity contribution in [3.05, 3.63) is 47.2 Å². The number of thiophene rings is 1. The number of anilines is 1. The van der Waals surface area contributed by atoms with Crippen molar-refractivity contribution in [2.45, 2.75) is 6.42 Å². The molecule has 0 saturated heterocycles. The Morgan fingerprint density at radius 2 is 2.05 bits per heavy atom. The maximum absolute atomic E-state index is 12.2. The monoisotopic (exact) mass is 299 g/mol. The lowest BCUT2D eigenvalue weighted by Crippen LogP contribution is -2.25. The Morgan fingerprint density at radius 3 is 2.81 bits per heavy atom. The van der Waals surface area contributed by atoms with E-state index < -0.39 is 0 Å². The van der Waals surface area contributed by atoms with Crippen LogP contribution in [0.15, 0.2) is 36.8 Å². The van der Waals surface area contributed by atoms with Crippen molar-refractivity contribution in [2.75, 3.05) is 12.3 Å². The second kappa shape index (κ2) is 5.84. The van der Waals surface area contributed by atoms with E-state index in [1.165, 1.54) is 11.3 Å². The molecule has 3 aromatic heterocycles. The molecule has 0 aliphatic heterocycles. The van der Waals surface area contributed by atoms with Crippen LogP contribution in [0.1, 0.15) is 15.2 Å². The first-order valence-electron chi connectivity index (χ1n) is 6.42. The highest BCUT2D eigenvalue weighted by Crippen LogP contribution is 2.31. The van der Waals surface area contributed by atoms with Crippen molar-refractivity contribution in [1.82, 2.24) is 20.5 Å². The number of fused-ring (bicyclic) bond motifs is 1. The summed E-state index contributed by atoms with van der Waals surface area (Å²) in [5.41, 5.74) is 7.59. The summed E-state index contributed by atoms with van der Waals surface area (Å²) in [7, 11) is 0. The molecule has 106 valence electrons. The molecule has 3 N–H and O–H groups in total. The molecule has 0 aliphatic rings. The fourth-order valence-corrected chi connectivity index (χ4v) is 2.95. The molecule has 0 radical (unpaired) electrons. The Labute approximate surface area is 125 Å². The minimum Gasteiger partial charge on any atom is -0.397 e. The fourth-order valence-electron chi connectivity index (χ4n) is 1.99. The Hall–Kier alpha value is -2.54. The topological polar surface area (TPSA) is 93.8 Å². The van der Waals surface area contributed by atoms with Gasteiger partial charge in [0, 0.05) is 24.3 Å². The van der Waals surface area contributed by atoms with E-state index in [1.54, 1.807) is 24.7 Å². The van der Waals surface area contributed by atoms with E-state index in [9.17, 15) is 4.79 Å². The van der Waals surface area contributed by atoms with E-state index in [-0.39, 0.29) is 5.91 Å². The molecule has 0 saturated carbocycles. The molecule has 0 aromatic carbocycles. The zero-order valence-electron chi connectivity index (χ0n) is 11.1. The van der Waals surface area contributed by atoms with Crippen LogP contribution in [0, 0.1) is 0 Å². The Kier molecular flexibility index (Phi) is 3.74. The fraction of sp³-hybridized carbons (Fsp3) is 0.143. The van der Waals surface area contributed by atoms with E-state index >= 15 is 0 Å². The van der Waals surface area contributed by atoms with Crippen molar-refractivity contribution >= 4 is 33.1 Å². The van der Waals surface area contributed by atoms with E-state index in [2.05, 4.69) is 20.5 Å². The summed E-state index contributed by atoms with van der Waals surface area (Å²) < 4.78 is 0. The lowest BCUT2D eigenvalue weighted by molar-refractivity contribution is 0.0959. The molecule has 0 fully saturated rings. The van der Waals surface area contributed by atoms with E-state index in [0.717, 1.165) is 17.4 Å². The summed E-state index contributed by atoms with van der Waals surface area (Å²) in [6, 6.07) is 5.62. The van der Waals surface area contributed by atoms with Gasteiger partial charge in [-0.15, -0.1) is 16.4 Å². The largest absolute Gasteiger partial charge is 0.397 e. The zero-order valence-corrected chi connectivity index (χ0v) is 11.9. The summed E-state index contributed by atoms with van der Waals surface area (Å²) in [6.07, 6.45) is 5.79. The minimum absolute atomic E-state index is 0.176. The predicted molar refractivity (Wildman–Crippen MR) is 82.1 cm³/mol. The molecule has 21 heavy (non-hydrogen) atoms. The van der Waals surface area contributed by atoms with E-state index in [1.807, 2.05) is 12.1 Å². The maximum atomic E-state index is 12.2. The molecule has 3 heterocycles. The number of pyridine rings is 1. The van der Waals surface area contributed by atoms with Crippen LogP contribution in [0.4, 0.5) is 5.69 Å². The van der Waals surface area contributed by atoms with Crippen LogP contribution in [0.2, 0.25) is 0 Å². The lowest BCUT2D eigenvalue weighted by atomic mass is 10.2. The molecule has 3 aromatic rings. The Morgan fingerprint density at radius 1 is 1.24 bits per heavy atom. The van der Waals surface area contributed by atoms with Gasteiger partial charge in [-0.3, -0.25) is 9.78 Å². The molecule has 0 atom stereocenters. The first kappa shape index (κ1) is 13.4. The first-order valence-corrected chi connectivity index (χ1v) is 7.24. The number of nitrogens with zero attached hydrogens (tertiary/aromatic N) is 3. The van der Waals surface area contributed by atoms with Crippen LogP contribution in [0.3, 0.4) is 0 Å². The smallest absolute Gasteiger partial charge is 0.263 e. The van der Waals surface area contributed by atoms with Gasteiger partial charge in [-0.1, -0.05) is 0 Å². The normalized spacial score (nSPS) is 10.7. The van der Waals surface area contributed by atoms with Crippen molar-refractivity contribution < 1.29 is 4.79 Å². The van der Waals surface area contributed by atoms with Crippen LogP contribution in [0.5, 0.6) is 0 Å². The van der Waals surface area contributed by atoms with Crippen LogP contribution in [0.25, 0.3) is 10.2 Å². The molecule has 6 nitrogen and oxygen atoms in total. The van der Waals surface area contributed by atoms with Gasteiger partial charge in [-0.25, -0.2) is 0 Å². The maximum Gasteiger partial charge on any atom is 0.263 e. The number of carbonyl (C=O) groups excluding carboxylic acids is 1. The number of nitrogens with one attached hydrogen (secondary N) is 1. The van der Waals surface area contributed by atoms with Crippen molar-refractivity contribution in [3.8, 4) is 0 Å². The van der Waals surface area contributed by atoms with Gasteiger partial charge < -0.3 is 11.1 Å². The quantitative estimate of drug-likeness (QED) is 0.764. The average molecular weight is 299 g/mol. The molecule has 7 heteroatoms. The number of amides is 1. The van der Waals surface area contributed by atoms with Gasteiger partial charge in [0.05, 0.1) is 11.9 Å². The summed E-state index contributed by atoms with van der Waals surface area (Å²) in [6.45, 7) is 0.544. The third-order valence-electron chi connectivity index (χ3n) is 3.08. The predicted octanol–water partition coefficient (Wildman–Crippen LogP) is 1.64. The standard InChI is InChI=1S/C14H13N5OS/c15-11-10-4-8-18-19-14(10)21-12(11)13(20)17-7-3-9-1-5-16-6-2-9/h1-2,4-6,8H,3,7,15H2,(H,17,20). The van der Waals surface area contributed by atoms with Crippen LogP contribution >= 0.6 is 11.3 Å². The molecule has 0 unspecified atom stereocenters. The Bertz CT molecular complexity index is 771. The van der Waals surface area contributed by atoms with Crippen molar-refractivity contribution in [1.29, 1.82) is 0 Å². The van der Waals surface area contributed by atoms with Gasteiger partial charge in [0.1, 0.15) is 9.71 Å². The molecule has 0 aliphatic carbocycles. The Balaban J connectivity index is 1.68. The first-order chi connectivity index (χ1) is 10.3. The van der Waals surface area contributed by atoms with Crippen molar-refractivity contribution in [2.24, 2.45) is 0 Å². The average Bonchev–Trinajstić information content (AvgIpc) is 2.86. The van der Waals surface area contributed by atoms with Gasteiger partial charge >= 0.3 is 0 Å². The zero-order chi connectivity index (χ0) is 14.7. The lowest BCUT2D eigenvalue weighted by Gasteiger charge is -2.04. The number of carbonyl (C=O) groups is 1. The van der Waals surface area contributed by atoms with Gasteiger partial charge in [0.25, 0.3) is 5.91 Å². The van der Waals surface area contributed by atoms with Crippen LogP contribution in [-0.2, 0) is 6.42 Å². The number of hydrogen-bond acceptors (Lipinski definition) is 6. The van der Waals surface area contributed by atoms with Crippen LogP contribution in [-0.4, -0.2) is 27.6 Å². The van der Waals surface area contributed by atoms with Gasteiger partial charge in [0.2, 0.25) is 0 Å². The second-order valence-corrected chi connectivity index (χ2v) is 5.46. The molecule has 0 bridgehead atoms. The number of rotatable bonds is 4. The number of nitrogens with two attached hydrogens (primary N) is 1. The third kappa shape index (κ3) is 2.82. The molecular formula is C14H13N5OS. The van der Waals surface area contributed by atoms with Crippen LogP contribution < -0.4 is 11.1 Å². The van der Waals surface area contributed by atoms with E-state index in [4.69, 9.17) is 5.73 Å². The van der Waals surface area contributed by atoms with Gasteiger partial charge in [-0.05, 0) is 30.2 Å². The van der Waals surface area contributed by atoms with Crippen molar-refractivity contribution in [3.63, 3.8) is 0 Å². The summed E-state index contributed by atoms with van der Waals surface area (Å²) in [4.78, 5) is 17.3. The highest BCUT2D eigenvalue weighted by atomic mass is 32.1. The highest BCUT2D eigenvalue weighted by molar-refractivity contribution is 7.21. The minimum atomic E-state index is -0.176. The number of nitrogen functional groups attached to an aromatic ring is 1. The summed E-state index contributed by atoms with van der Waals surface area (Å²) >= 11 is 1.26. The highest BCUT2D eigenvalue weighted by Gasteiger charge is 2.16.